The molecule has 1 atom stereocenters. The first-order valence-corrected chi connectivity index (χ1v) is 10.4. The Morgan fingerprint density at radius 2 is 0.967 bits per heavy atom. The van der Waals surface area contributed by atoms with Gasteiger partial charge in [0.25, 0.3) is 0 Å². The maximum atomic E-state index is 14.0. The normalized spacial score (nSPS) is 16.6. The molecule has 0 N–H and O–H groups in total. The molecule has 30 heavy (non-hydrogen) atoms. The van der Waals surface area contributed by atoms with Crippen molar-refractivity contribution in [1.29, 1.82) is 0 Å². The van der Waals surface area contributed by atoms with Gasteiger partial charge in [0.15, 0.2) is 0 Å². The number of nitrogens with zero attached hydrogens (tertiary/aromatic N) is 1. The van der Waals surface area contributed by atoms with Crippen LogP contribution in [-0.4, -0.2) is 5.91 Å². The molecule has 0 spiro atoms. The van der Waals surface area contributed by atoms with Crippen molar-refractivity contribution < 1.29 is 4.79 Å². The largest absolute Gasteiger partial charge is 0.281 e. The molecule has 2 nitrogen and oxygen atoms in total. The van der Waals surface area contributed by atoms with Crippen molar-refractivity contribution in [3.05, 3.63) is 132 Å². The lowest BCUT2D eigenvalue weighted by Gasteiger charge is -2.26. The van der Waals surface area contributed by atoms with E-state index >= 15 is 0 Å². The van der Waals surface area contributed by atoms with Crippen molar-refractivity contribution in [2.75, 3.05) is 4.90 Å². The molecule has 0 heterocycles. The average Bonchev–Trinajstić information content (AvgIpc) is 3.59. The minimum absolute atomic E-state index is 0.109. The maximum Gasteiger partial charge on any atom is 0.235 e. The summed E-state index contributed by atoms with van der Waals surface area (Å²) in [4.78, 5) is 15.9. The lowest BCUT2D eigenvalue weighted by atomic mass is 9.85. The van der Waals surface area contributed by atoms with Crippen LogP contribution in [0.15, 0.2) is 121 Å². The van der Waals surface area contributed by atoms with Gasteiger partial charge in [0.2, 0.25) is 5.91 Å². The van der Waals surface area contributed by atoms with Crippen molar-refractivity contribution in [3.8, 4) is 0 Å². The Kier molecular flexibility index (Phi) is 4.68. The number of hydrogen-bond acceptors (Lipinski definition) is 1. The van der Waals surface area contributed by atoms with Gasteiger partial charge in [0, 0.05) is 16.8 Å². The number of carbonyl (C=O) groups is 1. The van der Waals surface area contributed by atoms with Gasteiger partial charge in [0.1, 0.15) is 0 Å². The Bertz CT molecular complexity index is 1050. The molecule has 4 aromatic carbocycles. The summed E-state index contributed by atoms with van der Waals surface area (Å²) < 4.78 is 0. The number of amides is 1. The third kappa shape index (κ3) is 3.11. The van der Waals surface area contributed by atoms with Gasteiger partial charge in [-0.3, -0.25) is 9.69 Å². The quantitative estimate of drug-likeness (QED) is 0.389. The van der Waals surface area contributed by atoms with Gasteiger partial charge in [-0.25, -0.2) is 0 Å². The zero-order chi connectivity index (χ0) is 20.4. The second-order valence-electron chi connectivity index (χ2n) is 7.80. The molecular formula is C28H23NO. The van der Waals surface area contributed by atoms with Crippen LogP contribution in [0.4, 0.5) is 11.4 Å². The van der Waals surface area contributed by atoms with E-state index < -0.39 is 0 Å². The lowest BCUT2D eigenvalue weighted by molar-refractivity contribution is -0.119. The molecular weight excluding hydrogens is 366 g/mol. The number of carbonyl (C=O) groups excluding carboxylic acids is 1. The van der Waals surface area contributed by atoms with Crippen LogP contribution < -0.4 is 4.90 Å². The molecule has 1 fully saturated rings. The minimum Gasteiger partial charge on any atom is -0.281 e. The summed E-state index contributed by atoms with van der Waals surface area (Å²) in [6, 6.07) is 40.8. The zero-order valence-electron chi connectivity index (χ0n) is 16.7. The summed E-state index contributed by atoms with van der Waals surface area (Å²) in [5, 5.41) is 0. The monoisotopic (exact) mass is 389 g/mol. The fourth-order valence-electron chi connectivity index (χ4n) is 4.55. The molecule has 0 aliphatic heterocycles. The number of benzene rings is 4. The Hall–Kier alpha value is -3.65. The highest BCUT2D eigenvalue weighted by molar-refractivity contribution is 6.04. The molecule has 1 aliphatic rings. The van der Waals surface area contributed by atoms with E-state index in [1.807, 2.05) is 77.7 Å². The molecule has 0 bridgehead atoms. The third-order valence-corrected chi connectivity index (χ3v) is 6.09. The molecule has 2 heteroatoms. The fraction of sp³-hybridized carbons (Fsp3) is 0.107. The van der Waals surface area contributed by atoms with Crippen LogP contribution in [0, 0.1) is 5.92 Å². The predicted molar refractivity (Wildman–Crippen MR) is 122 cm³/mol. The van der Waals surface area contributed by atoms with Crippen LogP contribution in [0.3, 0.4) is 0 Å². The topological polar surface area (TPSA) is 20.3 Å². The smallest absolute Gasteiger partial charge is 0.235 e. The summed E-state index contributed by atoms with van der Waals surface area (Å²) in [7, 11) is 0. The van der Waals surface area contributed by atoms with Crippen molar-refractivity contribution in [3.63, 3.8) is 0 Å². The molecule has 0 aromatic heterocycles. The molecule has 1 amide bonds. The van der Waals surface area contributed by atoms with Crippen molar-refractivity contribution in [1.82, 2.24) is 0 Å². The molecule has 5 rings (SSSR count). The number of anilines is 2. The van der Waals surface area contributed by atoms with Gasteiger partial charge in [-0.05, 0) is 41.8 Å². The summed E-state index contributed by atoms with van der Waals surface area (Å²) in [5.74, 6) is 0.0304. The Balaban J connectivity index is 1.59. The second-order valence-corrected chi connectivity index (χ2v) is 7.80. The summed E-state index contributed by atoms with van der Waals surface area (Å²) in [6.45, 7) is 0. The van der Waals surface area contributed by atoms with Crippen LogP contribution in [0.1, 0.15) is 17.5 Å². The molecule has 146 valence electrons. The highest BCUT2D eigenvalue weighted by Crippen LogP contribution is 2.60. The second kappa shape index (κ2) is 7.64. The van der Waals surface area contributed by atoms with Gasteiger partial charge >= 0.3 is 0 Å². The van der Waals surface area contributed by atoms with Crippen LogP contribution in [0.2, 0.25) is 0 Å². The lowest BCUT2D eigenvalue weighted by Crippen LogP contribution is -2.31. The Morgan fingerprint density at radius 3 is 1.37 bits per heavy atom. The van der Waals surface area contributed by atoms with Crippen LogP contribution in [0.25, 0.3) is 0 Å². The fourth-order valence-corrected chi connectivity index (χ4v) is 4.55. The summed E-state index contributed by atoms with van der Waals surface area (Å²) >= 11 is 0. The Labute approximate surface area is 177 Å². The molecule has 4 aromatic rings. The van der Waals surface area contributed by atoms with E-state index in [4.69, 9.17) is 0 Å². The summed E-state index contributed by atoms with van der Waals surface area (Å²) in [6.07, 6.45) is 0.816. The maximum absolute atomic E-state index is 14.0. The van der Waals surface area contributed by atoms with E-state index in [9.17, 15) is 4.79 Å². The number of hydrogen-bond donors (Lipinski definition) is 0. The van der Waals surface area contributed by atoms with E-state index in [-0.39, 0.29) is 17.2 Å². The van der Waals surface area contributed by atoms with Crippen molar-refractivity contribution in [2.24, 2.45) is 5.92 Å². The van der Waals surface area contributed by atoms with Crippen LogP contribution >= 0.6 is 0 Å². The van der Waals surface area contributed by atoms with Gasteiger partial charge < -0.3 is 0 Å². The molecule has 0 unspecified atom stereocenters. The average molecular weight is 389 g/mol. The third-order valence-electron chi connectivity index (χ3n) is 6.09. The minimum atomic E-state index is -0.276. The van der Waals surface area contributed by atoms with Gasteiger partial charge in [-0.15, -0.1) is 0 Å². The Morgan fingerprint density at radius 1 is 0.600 bits per heavy atom. The SMILES string of the molecule is O=C([C@@H]1CC1(c1ccccc1)c1ccccc1)N(c1ccccc1)c1ccccc1. The molecule has 0 radical (unpaired) electrons. The number of para-hydroxylation sites is 2. The number of rotatable bonds is 5. The first-order valence-electron chi connectivity index (χ1n) is 10.4. The highest BCUT2D eigenvalue weighted by Gasteiger charge is 2.61. The van der Waals surface area contributed by atoms with E-state index in [1.54, 1.807) is 0 Å². The highest BCUT2D eigenvalue weighted by atomic mass is 16.2. The van der Waals surface area contributed by atoms with Gasteiger partial charge in [-0.2, -0.15) is 0 Å². The predicted octanol–water partition coefficient (Wildman–Crippen LogP) is 6.36. The van der Waals surface area contributed by atoms with Crippen molar-refractivity contribution >= 4 is 17.3 Å². The van der Waals surface area contributed by atoms with E-state index in [1.165, 1.54) is 11.1 Å². The van der Waals surface area contributed by atoms with Crippen LogP contribution in [-0.2, 0) is 10.2 Å². The van der Waals surface area contributed by atoms with E-state index in [2.05, 4.69) is 48.5 Å². The van der Waals surface area contributed by atoms with Gasteiger partial charge in [-0.1, -0.05) is 97.1 Å². The van der Waals surface area contributed by atoms with Crippen LogP contribution in [0.5, 0.6) is 0 Å². The first-order chi connectivity index (χ1) is 14.8. The van der Waals surface area contributed by atoms with E-state index in [0.29, 0.717) is 0 Å². The standard InChI is InChI=1S/C28H23NO/c30-27(29(24-17-9-3-10-18-24)25-19-11-4-12-20-25)26-21-28(26,22-13-5-1-6-14-22)23-15-7-2-8-16-23/h1-20,26H,21H2/t26-/m0/s1. The van der Waals surface area contributed by atoms with Gasteiger partial charge in [0.05, 0.1) is 5.92 Å². The molecule has 1 saturated carbocycles. The first kappa shape index (κ1) is 18.4. The molecule has 1 aliphatic carbocycles. The van der Waals surface area contributed by atoms with Crippen molar-refractivity contribution in [2.45, 2.75) is 11.8 Å². The van der Waals surface area contributed by atoms with E-state index in [0.717, 1.165) is 17.8 Å². The summed E-state index contributed by atoms with van der Waals surface area (Å²) in [5.41, 5.74) is 3.93. The zero-order valence-corrected chi connectivity index (χ0v) is 16.7. The molecule has 0 saturated heterocycles.